The zero-order valence-electron chi connectivity index (χ0n) is 19.5. The molecule has 6 nitrogen and oxygen atoms in total. The van der Waals surface area contributed by atoms with Crippen molar-refractivity contribution in [1.29, 1.82) is 0 Å². The van der Waals surface area contributed by atoms with Gasteiger partial charge in [-0.15, -0.1) is 0 Å². The largest absolute Gasteiger partial charge is 0.449 e. The minimum atomic E-state index is -0.335. The van der Waals surface area contributed by atoms with Crippen molar-refractivity contribution >= 4 is 17.3 Å². The lowest BCUT2D eigenvalue weighted by molar-refractivity contribution is 0.361. The molecular weight excluding hydrogens is 460 g/mol. The van der Waals surface area contributed by atoms with Gasteiger partial charge in [-0.2, -0.15) is 9.78 Å². The molecule has 1 fully saturated rings. The monoisotopic (exact) mass is 486 g/mol. The molecule has 4 aromatic rings. The van der Waals surface area contributed by atoms with Crippen molar-refractivity contribution in [2.75, 3.05) is 18.0 Å². The SMILES string of the molecule is CC1(N)CCN(c2cnn(-c3ccc(Cl)cc3)c(=O)c2Oc2ccc(-c3ccccc3)cc2)CC1. The van der Waals surface area contributed by atoms with Crippen LogP contribution in [0.1, 0.15) is 19.8 Å². The Kier molecular flexibility index (Phi) is 6.32. The van der Waals surface area contributed by atoms with E-state index in [0.29, 0.717) is 22.1 Å². The topological polar surface area (TPSA) is 73.4 Å². The van der Waals surface area contributed by atoms with Crippen molar-refractivity contribution in [2.45, 2.75) is 25.3 Å². The van der Waals surface area contributed by atoms with Crippen molar-refractivity contribution in [3.05, 3.63) is 100 Å². The van der Waals surface area contributed by atoms with Crippen molar-refractivity contribution in [1.82, 2.24) is 9.78 Å². The van der Waals surface area contributed by atoms with Crippen LogP contribution in [0.4, 0.5) is 5.69 Å². The maximum atomic E-state index is 13.6. The first-order valence-electron chi connectivity index (χ1n) is 11.7. The van der Waals surface area contributed by atoms with E-state index in [-0.39, 0.29) is 16.8 Å². The summed E-state index contributed by atoms with van der Waals surface area (Å²) in [5.74, 6) is 0.820. The van der Waals surface area contributed by atoms with E-state index in [0.717, 1.165) is 37.1 Å². The molecule has 0 unspecified atom stereocenters. The Balaban J connectivity index is 1.52. The first-order valence-corrected chi connectivity index (χ1v) is 12.0. The van der Waals surface area contributed by atoms with Crippen LogP contribution in [0.3, 0.4) is 0 Å². The number of benzene rings is 3. The Hall–Kier alpha value is -3.61. The molecular formula is C28H27ClN4O2. The molecule has 1 aliphatic heterocycles. The highest BCUT2D eigenvalue weighted by atomic mass is 35.5. The third-order valence-corrected chi connectivity index (χ3v) is 6.67. The van der Waals surface area contributed by atoms with Crippen molar-refractivity contribution in [3.63, 3.8) is 0 Å². The number of halogens is 1. The van der Waals surface area contributed by atoms with E-state index in [4.69, 9.17) is 22.1 Å². The molecule has 3 aromatic carbocycles. The van der Waals surface area contributed by atoms with Crippen LogP contribution < -0.4 is 20.9 Å². The lowest BCUT2D eigenvalue weighted by Crippen LogP contribution is -2.48. The summed E-state index contributed by atoms with van der Waals surface area (Å²) >= 11 is 6.03. The Morgan fingerprint density at radius 1 is 0.914 bits per heavy atom. The second kappa shape index (κ2) is 9.56. The number of piperidine rings is 1. The van der Waals surface area contributed by atoms with Gasteiger partial charge in [0.15, 0.2) is 0 Å². The van der Waals surface area contributed by atoms with Gasteiger partial charge < -0.3 is 15.4 Å². The number of hydrogen-bond donors (Lipinski definition) is 1. The quantitative estimate of drug-likeness (QED) is 0.394. The van der Waals surface area contributed by atoms with Crippen molar-refractivity contribution in [2.24, 2.45) is 5.73 Å². The van der Waals surface area contributed by atoms with Crippen LogP contribution in [-0.4, -0.2) is 28.4 Å². The number of anilines is 1. The molecule has 1 aromatic heterocycles. The third kappa shape index (κ3) is 5.09. The van der Waals surface area contributed by atoms with Crippen LogP contribution in [0.25, 0.3) is 16.8 Å². The Labute approximate surface area is 209 Å². The van der Waals surface area contributed by atoms with Gasteiger partial charge in [0.1, 0.15) is 11.4 Å². The fourth-order valence-electron chi connectivity index (χ4n) is 4.24. The first kappa shape index (κ1) is 23.1. The summed E-state index contributed by atoms with van der Waals surface area (Å²) in [6.07, 6.45) is 3.33. The number of nitrogens with zero attached hydrogens (tertiary/aromatic N) is 3. The highest BCUT2D eigenvalue weighted by molar-refractivity contribution is 6.30. The predicted molar refractivity (Wildman–Crippen MR) is 141 cm³/mol. The Morgan fingerprint density at radius 2 is 1.54 bits per heavy atom. The van der Waals surface area contributed by atoms with E-state index in [1.807, 2.05) is 42.5 Å². The highest BCUT2D eigenvalue weighted by Crippen LogP contribution is 2.33. The summed E-state index contributed by atoms with van der Waals surface area (Å²) in [4.78, 5) is 15.8. The fraction of sp³-hybridized carbons (Fsp3) is 0.214. The standard InChI is InChI=1S/C28H27ClN4O2/c1-28(30)15-17-32(18-16-28)25-19-31-33(23-11-9-22(29)10-12-23)27(34)26(25)35-24-13-7-21(8-14-24)20-5-3-2-4-6-20/h2-14,19H,15-18,30H2,1H3. The zero-order chi connectivity index (χ0) is 24.4. The van der Waals surface area contributed by atoms with Crippen LogP contribution in [-0.2, 0) is 0 Å². The summed E-state index contributed by atoms with van der Waals surface area (Å²) < 4.78 is 7.59. The number of hydrogen-bond acceptors (Lipinski definition) is 5. The van der Waals surface area contributed by atoms with Crippen LogP contribution >= 0.6 is 11.6 Å². The summed E-state index contributed by atoms with van der Waals surface area (Å²) in [5, 5.41) is 5.04. The fourth-order valence-corrected chi connectivity index (χ4v) is 4.36. The van der Waals surface area contributed by atoms with Crippen LogP contribution in [0.5, 0.6) is 11.5 Å². The van der Waals surface area contributed by atoms with Gasteiger partial charge in [0.2, 0.25) is 5.75 Å². The summed E-state index contributed by atoms with van der Waals surface area (Å²) in [7, 11) is 0. The Morgan fingerprint density at radius 3 is 2.20 bits per heavy atom. The Bertz CT molecular complexity index is 1360. The molecule has 0 saturated carbocycles. The van der Waals surface area contributed by atoms with Gasteiger partial charge in [0, 0.05) is 23.7 Å². The third-order valence-electron chi connectivity index (χ3n) is 6.41. The maximum Gasteiger partial charge on any atom is 0.316 e. The van der Waals surface area contributed by atoms with Gasteiger partial charge in [-0.05, 0) is 67.3 Å². The molecule has 1 aliphatic rings. The second-order valence-corrected chi connectivity index (χ2v) is 9.62. The van der Waals surface area contributed by atoms with E-state index in [1.165, 1.54) is 4.68 Å². The lowest BCUT2D eigenvalue weighted by atomic mass is 9.91. The van der Waals surface area contributed by atoms with Crippen molar-refractivity contribution in [3.8, 4) is 28.3 Å². The average molecular weight is 487 g/mol. The first-order chi connectivity index (χ1) is 16.9. The molecule has 178 valence electrons. The van der Waals surface area contributed by atoms with Crippen LogP contribution in [0.2, 0.25) is 5.02 Å². The molecule has 0 radical (unpaired) electrons. The summed E-state index contributed by atoms with van der Waals surface area (Å²) in [6.45, 7) is 3.51. The van der Waals surface area contributed by atoms with Gasteiger partial charge in [-0.3, -0.25) is 4.79 Å². The molecule has 0 amide bonds. The van der Waals surface area contributed by atoms with E-state index in [2.05, 4.69) is 29.1 Å². The minimum Gasteiger partial charge on any atom is -0.449 e. The highest BCUT2D eigenvalue weighted by Gasteiger charge is 2.29. The molecule has 35 heavy (non-hydrogen) atoms. The molecule has 7 heteroatoms. The van der Waals surface area contributed by atoms with Gasteiger partial charge in [-0.25, -0.2) is 0 Å². The average Bonchev–Trinajstić information content (AvgIpc) is 2.87. The normalized spacial score (nSPS) is 15.1. The van der Waals surface area contributed by atoms with Crippen LogP contribution in [0.15, 0.2) is 89.9 Å². The van der Waals surface area contributed by atoms with Gasteiger partial charge in [-0.1, -0.05) is 54.1 Å². The van der Waals surface area contributed by atoms with Gasteiger partial charge in [0.25, 0.3) is 0 Å². The molecule has 0 spiro atoms. The summed E-state index contributed by atoms with van der Waals surface area (Å²) in [5.41, 5.74) is 9.26. The van der Waals surface area contributed by atoms with Crippen LogP contribution in [0, 0.1) is 0 Å². The molecule has 0 bridgehead atoms. The molecule has 0 atom stereocenters. The minimum absolute atomic E-state index is 0.212. The number of nitrogens with two attached hydrogens (primary N) is 1. The molecule has 2 N–H and O–H groups in total. The zero-order valence-corrected chi connectivity index (χ0v) is 20.3. The number of rotatable bonds is 5. The molecule has 2 heterocycles. The van der Waals surface area contributed by atoms with Crippen molar-refractivity contribution < 1.29 is 4.74 Å². The smallest absolute Gasteiger partial charge is 0.316 e. The molecule has 1 saturated heterocycles. The van der Waals surface area contributed by atoms with E-state index < -0.39 is 0 Å². The molecule has 0 aliphatic carbocycles. The van der Waals surface area contributed by atoms with E-state index in [9.17, 15) is 4.79 Å². The summed E-state index contributed by atoms with van der Waals surface area (Å²) in [6, 6.07) is 24.8. The van der Waals surface area contributed by atoms with Gasteiger partial charge in [0.05, 0.1) is 11.9 Å². The number of aromatic nitrogens is 2. The lowest BCUT2D eigenvalue weighted by Gasteiger charge is -2.38. The second-order valence-electron chi connectivity index (χ2n) is 9.19. The predicted octanol–water partition coefficient (Wildman–Crippen LogP) is 5.66. The van der Waals surface area contributed by atoms with E-state index in [1.54, 1.807) is 30.5 Å². The number of ether oxygens (including phenoxy) is 1. The van der Waals surface area contributed by atoms with Gasteiger partial charge >= 0.3 is 5.56 Å². The molecule has 5 rings (SSSR count). The maximum absolute atomic E-state index is 13.6. The van der Waals surface area contributed by atoms with E-state index >= 15 is 0 Å².